The second-order valence-corrected chi connectivity index (χ2v) is 3.73. The Hall–Kier alpha value is -1.10. The maximum atomic E-state index is 12.4. The van der Waals surface area contributed by atoms with Gasteiger partial charge in [0.05, 0.1) is 0 Å². The quantitative estimate of drug-likeness (QED) is 0.723. The second-order valence-electron chi connectivity index (χ2n) is 3.73. The number of rotatable bonds is 0. The first-order valence-electron chi connectivity index (χ1n) is 4.81. The van der Waals surface area contributed by atoms with Crippen molar-refractivity contribution in [1.82, 2.24) is 4.98 Å². The lowest BCUT2D eigenvalue weighted by molar-refractivity contribution is -0.141. The molecule has 0 bridgehead atoms. The van der Waals surface area contributed by atoms with Gasteiger partial charge in [-0.2, -0.15) is 13.2 Å². The van der Waals surface area contributed by atoms with Crippen molar-refractivity contribution in [2.75, 3.05) is 0 Å². The molecule has 1 aliphatic rings. The Morgan fingerprint density at radius 1 is 1.33 bits per heavy atom. The SMILES string of the molecule is N[C@@H]1CCCc2nc(C(F)(F)F)ccc21. The van der Waals surface area contributed by atoms with Crippen LogP contribution < -0.4 is 5.73 Å². The zero-order valence-electron chi connectivity index (χ0n) is 8.01. The highest BCUT2D eigenvalue weighted by Crippen LogP contribution is 2.32. The Morgan fingerprint density at radius 3 is 2.73 bits per heavy atom. The molecule has 0 spiro atoms. The summed E-state index contributed by atoms with van der Waals surface area (Å²) in [4.78, 5) is 3.63. The minimum atomic E-state index is -4.36. The summed E-state index contributed by atoms with van der Waals surface area (Å²) >= 11 is 0. The molecule has 82 valence electrons. The smallest absolute Gasteiger partial charge is 0.324 e. The number of pyridine rings is 1. The van der Waals surface area contributed by atoms with Gasteiger partial charge in [0.25, 0.3) is 0 Å². The van der Waals surface area contributed by atoms with E-state index >= 15 is 0 Å². The molecule has 0 unspecified atom stereocenters. The molecule has 1 heterocycles. The first-order chi connectivity index (χ1) is 6.98. The molecule has 2 nitrogen and oxygen atoms in total. The molecule has 0 saturated carbocycles. The molecule has 0 radical (unpaired) electrons. The molecule has 0 fully saturated rings. The van der Waals surface area contributed by atoms with Crippen molar-refractivity contribution < 1.29 is 13.2 Å². The van der Waals surface area contributed by atoms with Gasteiger partial charge >= 0.3 is 6.18 Å². The number of halogens is 3. The first-order valence-corrected chi connectivity index (χ1v) is 4.81. The summed E-state index contributed by atoms with van der Waals surface area (Å²) in [6.45, 7) is 0. The zero-order valence-corrected chi connectivity index (χ0v) is 8.01. The predicted molar refractivity (Wildman–Crippen MR) is 49.1 cm³/mol. The molecular formula is C10H11F3N2. The molecule has 0 aliphatic heterocycles. The Balaban J connectivity index is 2.42. The lowest BCUT2D eigenvalue weighted by Gasteiger charge is -2.22. The van der Waals surface area contributed by atoms with Crippen molar-refractivity contribution in [3.8, 4) is 0 Å². The van der Waals surface area contributed by atoms with Crippen molar-refractivity contribution in [3.63, 3.8) is 0 Å². The third kappa shape index (κ3) is 1.97. The van der Waals surface area contributed by atoms with Gasteiger partial charge in [-0.3, -0.25) is 0 Å². The molecule has 15 heavy (non-hydrogen) atoms. The number of aromatic nitrogens is 1. The van der Waals surface area contributed by atoms with Gasteiger partial charge in [-0.1, -0.05) is 6.07 Å². The highest BCUT2D eigenvalue weighted by atomic mass is 19.4. The Morgan fingerprint density at radius 2 is 2.07 bits per heavy atom. The van der Waals surface area contributed by atoms with Gasteiger partial charge in [0.15, 0.2) is 0 Å². The van der Waals surface area contributed by atoms with E-state index in [-0.39, 0.29) is 6.04 Å². The number of alkyl halides is 3. The molecule has 1 aliphatic carbocycles. The summed E-state index contributed by atoms with van der Waals surface area (Å²) in [6, 6.07) is 2.29. The molecule has 2 rings (SSSR count). The van der Waals surface area contributed by atoms with E-state index in [0.29, 0.717) is 12.1 Å². The standard InChI is InChI=1S/C10H11F3N2/c11-10(12,13)9-5-4-6-7(14)2-1-3-8(6)15-9/h4-5,7H,1-3,14H2/t7-/m1/s1. The van der Waals surface area contributed by atoms with E-state index in [0.717, 1.165) is 24.5 Å². The fraction of sp³-hybridized carbons (Fsp3) is 0.500. The fourth-order valence-electron chi connectivity index (χ4n) is 1.85. The van der Waals surface area contributed by atoms with E-state index < -0.39 is 11.9 Å². The summed E-state index contributed by atoms with van der Waals surface area (Å²) in [6.07, 6.45) is -2.15. The van der Waals surface area contributed by atoms with E-state index in [1.165, 1.54) is 6.07 Å². The molecular weight excluding hydrogens is 205 g/mol. The minimum absolute atomic E-state index is 0.163. The lowest BCUT2D eigenvalue weighted by atomic mass is 9.92. The van der Waals surface area contributed by atoms with Gasteiger partial charge in [0, 0.05) is 11.7 Å². The van der Waals surface area contributed by atoms with E-state index in [2.05, 4.69) is 4.98 Å². The second kappa shape index (κ2) is 3.48. The van der Waals surface area contributed by atoms with Crippen LogP contribution in [0.5, 0.6) is 0 Å². The van der Waals surface area contributed by atoms with Crippen LogP contribution in [0.25, 0.3) is 0 Å². The summed E-state index contributed by atoms with van der Waals surface area (Å²) in [5, 5.41) is 0. The van der Waals surface area contributed by atoms with Gasteiger partial charge in [-0.05, 0) is 30.9 Å². The fourth-order valence-corrected chi connectivity index (χ4v) is 1.85. The molecule has 2 N–H and O–H groups in total. The van der Waals surface area contributed by atoms with E-state index in [1.54, 1.807) is 0 Å². The summed E-state index contributed by atoms with van der Waals surface area (Å²) in [7, 11) is 0. The lowest BCUT2D eigenvalue weighted by Crippen LogP contribution is -2.20. The summed E-state index contributed by atoms with van der Waals surface area (Å²) in [5.74, 6) is 0. The van der Waals surface area contributed by atoms with Crippen LogP contribution >= 0.6 is 0 Å². The van der Waals surface area contributed by atoms with Gasteiger partial charge in [0.1, 0.15) is 5.69 Å². The average Bonchev–Trinajstić information content (AvgIpc) is 2.16. The number of hydrogen-bond acceptors (Lipinski definition) is 2. The molecule has 1 aromatic rings. The van der Waals surface area contributed by atoms with Crippen LogP contribution in [0.2, 0.25) is 0 Å². The van der Waals surface area contributed by atoms with Gasteiger partial charge in [-0.25, -0.2) is 4.98 Å². The zero-order chi connectivity index (χ0) is 11.1. The van der Waals surface area contributed by atoms with E-state index in [1.807, 2.05) is 0 Å². The van der Waals surface area contributed by atoms with E-state index in [4.69, 9.17) is 5.73 Å². The van der Waals surface area contributed by atoms with Crippen molar-refractivity contribution in [1.29, 1.82) is 0 Å². The van der Waals surface area contributed by atoms with Crippen LogP contribution in [0.4, 0.5) is 13.2 Å². The van der Waals surface area contributed by atoms with Crippen LogP contribution in [0.3, 0.4) is 0 Å². The first kappa shape index (κ1) is 10.4. The van der Waals surface area contributed by atoms with Crippen molar-refractivity contribution >= 4 is 0 Å². The van der Waals surface area contributed by atoms with Crippen LogP contribution in [0.1, 0.15) is 35.8 Å². The van der Waals surface area contributed by atoms with Crippen molar-refractivity contribution in [3.05, 3.63) is 29.1 Å². The number of aryl methyl sites for hydroxylation is 1. The van der Waals surface area contributed by atoms with Gasteiger partial charge in [0.2, 0.25) is 0 Å². The summed E-state index contributed by atoms with van der Waals surface area (Å²) in [5.41, 5.74) is 6.22. The Kier molecular flexibility index (Phi) is 2.42. The molecule has 0 amide bonds. The monoisotopic (exact) mass is 216 g/mol. The largest absolute Gasteiger partial charge is 0.433 e. The molecule has 5 heteroatoms. The topological polar surface area (TPSA) is 38.9 Å². The Bertz CT molecular complexity index is 373. The molecule has 1 atom stereocenters. The van der Waals surface area contributed by atoms with Gasteiger partial charge < -0.3 is 5.73 Å². The van der Waals surface area contributed by atoms with Crippen LogP contribution in [-0.4, -0.2) is 4.98 Å². The highest BCUT2D eigenvalue weighted by Gasteiger charge is 2.33. The number of nitrogens with two attached hydrogens (primary N) is 1. The molecule has 0 aromatic carbocycles. The van der Waals surface area contributed by atoms with Crippen molar-refractivity contribution in [2.24, 2.45) is 5.73 Å². The van der Waals surface area contributed by atoms with Gasteiger partial charge in [-0.15, -0.1) is 0 Å². The maximum Gasteiger partial charge on any atom is 0.433 e. The molecule has 0 saturated heterocycles. The van der Waals surface area contributed by atoms with Crippen LogP contribution in [0, 0.1) is 0 Å². The van der Waals surface area contributed by atoms with E-state index in [9.17, 15) is 13.2 Å². The Labute approximate surface area is 85.3 Å². The third-order valence-corrected chi connectivity index (χ3v) is 2.63. The average molecular weight is 216 g/mol. The number of fused-ring (bicyclic) bond motifs is 1. The molecule has 1 aromatic heterocycles. The van der Waals surface area contributed by atoms with Crippen LogP contribution in [0.15, 0.2) is 12.1 Å². The highest BCUT2D eigenvalue weighted by molar-refractivity contribution is 5.29. The van der Waals surface area contributed by atoms with Crippen molar-refractivity contribution in [2.45, 2.75) is 31.5 Å². The third-order valence-electron chi connectivity index (χ3n) is 2.63. The van der Waals surface area contributed by atoms with Crippen LogP contribution in [-0.2, 0) is 12.6 Å². The number of hydrogen-bond donors (Lipinski definition) is 1. The normalized spacial score (nSPS) is 21.2. The maximum absolute atomic E-state index is 12.4. The summed E-state index contributed by atoms with van der Waals surface area (Å²) < 4.78 is 37.1. The number of nitrogens with zero attached hydrogens (tertiary/aromatic N) is 1. The predicted octanol–water partition coefficient (Wildman–Crippen LogP) is 2.44. The minimum Gasteiger partial charge on any atom is -0.324 e.